The molecule has 0 aliphatic rings. The first-order chi connectivity index (χ1) is 11.1. The number of para-hydroxylation sites is 1. The van der Waals surface area contributed by atoms with Crippen LogP contribution in [0.15, 0.2) is 45.9 Å². The first-order valence-corrected chi connectivity index (χ1v) is 8.17. The van der Waals surface area contributed by atoms with E-state index in [9.17, 15) is 4.79 Å². The van der Waals surface area contributed by atoms with Gasteiger partial charge in [-0.1, -0.05) is 35.1 Å². The number of pyridine rings is 1. The number of esters is 1. The molecule has 0 spiro atoms. The van der Waals surface area contributed by atoms with Crippen LogP contribution in [0.25, 0.3) is 10.9 Å². The van der Waals surface area contributed by atoms with Crippen LogP contribution in [0.4, 0.5) is 0 Å². The number of hydrogen-bond donors (Lipinski definition) is 0. The second kappa shape index (κ2) is 6.83. The number of carbonyl (C=O) groups excluding carboxylic acids is 1. The van der Waals surface area contributed by atoms with Crippen molar-refractivity contribution >= 4 is 28.6 Å². The molecule has 2 aromatic heterocycles. The minimum Gasteiger partial charge on any atom is -0.458 e. The Hall–Kier alpha value is -2.34. The van der Waals surface area contributed by atoms with Crippen LogP contribution in [0, 0.1) is 13.8 Å². The summed E-state index contributed by atoms with van der Waals surface area (Å²) in [5.41, 5.74) is 2.69. The molecule has 2 heterocycles. The Morgan fingerprint density at radius 1 is 1.26 bits per heavy atom. The van der Waals surface area contributed by atoms with Gasteiger partial charge in [0.15, 0.2) is 0 Å². The van der Waals surface area contributed by atoms with Crippen molar-refractivity contribution in [3.63, 3.8) is 0 Å². The number of rotatable bonds is 5. The van der Waals surface area contributed by atoms with Crippen LogP contribution in [0.5, 0.6) is 0 Å². The van der Waals surface area contributed by atoms with Gasteiger partial charge in [0.25, 0.3) is 0 Å². The highest BCUT2D eigenvalue weighted by Gasteiger charge is 2.09. The maximum atomic E-state index is 11.8. The smallest absolute Gasteiger partial charge is 0.316 e. The molecule has 0 saturated carbocycles. The van der Waals surface area contributed by atoms with Crippen molar-refractivity contribution in [1.29, 1.82) is 0 Å². The fraction of sp³-hybridized carbons (Fsp3) is 0.235. The lowest BCUT2D eigenvalue weighted by Gasteiger charge is -2.06. The van der Waals surface area contributed by atoms with Gasteiger partial charge >= 0.3 is 5.97 Å². The molecule has 0 fully saturated rings. The molecule has 6 heteroatoms. The highest BCUT2D eigenvalue weighted by atomic mass is 32.2. The quantitative estimate of drug-likeness (QED) is 0.526. The van der Waals surface area contributed by atoms with E-state index in [0.29, 0.717) is 11.5 Å². The van der Waals surface area contributed by atoms with Crippen LogP contribution < -0.4 is 0 Å². The Bertz CT molecular complexity index is 845. The van der Waals surface area contributed by atoms with Gasteiger partial charge in [-0.3, -0.25) is 4.79 Å². The SMILES string of the molecule is Cc1cc(COC(=O)CSc2cc(C)c3ccccc3n2)no1. The van der Waals surface area contributed by atoms with Crippen LogP contribution in [0.3, 0.4) is 0 Å². The molecule has 23 heavy (non-hydrogen) atoms. The van der Waals surface area contributed by atoms with Gasteiger partial charge in [0.2, 0.25) is 0 Å². The Kier molecular flexibility index (Phi) is 4.62. The van der Waals surface area contributed by atoms with E-state index in [1.54, 1.807) is 13.0 Å². The van der Waals surface area contributed by atoms with Crippen LogP contribution >= 0.6 is 11.8 Å². The van der Waals surface area contributed by atoms with Crippen molar-refractivity contribution in [2.24, 2.45) is 0 Å². The third-order valence-electron chi connectivity index (χ3n) is 3.30. The van der Waals surface area contributed by atoms with E-state index in [-0.39, 0.29) is 18.3 Å². The number of carbonyl (C=O) groups is 1. The van der Waals surface area contributed by atoms with Crippen molar-refractivity contribution in [3.8, 4) is 0 Å². The molecule has 0 unspecified atom stereocenters. The lowest BCUT2D eigenvalue weighted by Crippen LogP contribution is -2.07. The van der Waals surface area contributed by atoms with Crippen LogP contribution in [0.1, 0.15) is 17.0 Å². The summed E-state index contributed by atoms with van der Waals surface area (Å²) in [7, 11) is 0. The molecular formula is C17H16N2O3S. The van der Waals surface area contributed by atoms with Crippen molar-refractivity contribution < 1.29 is 14.1 Å². The number of benzene rings is 1. The molecule has 0 saturated heterocycles. The summed E-state index contributed by atoms with van der Waals surface area (Å²) < 4.78 is 10.1. The van der Waals surface area contributed by atoms with Gasteiger partial charge in [-0.05, 0) is 31.5 Å². The fourth-order valence-corrected chi connectivity index (χ4v) is 2.98. The molecule has 0 bridgehead atoms. The summed E-state index contributed by atoms with van der Waals surface area (Å²) in [5.74, 6) is 0.603. The number of aromatic nitrogens is 2. The number of aryl methyl sites for hydroxylation is 2. The van der Waals surface area contributed by atoms with Crippen LogP contribution in [-0.2, 0) is 16.1 Å². The van der Waals surface area contributed by atoms with E-state index in [4.69, 9.17) is 9.26 Å². The lowest BCUT2D eigenvalue weighted by atomic mass is 10.1. The van der Waals surface area contributed by atoms with Gasteiger partial charge in [-0.2, -0.15) is 0 Å². The zero-order valence-electron chi connectivity index (χ0n) is 12.9. The van der Waals surface area contributed by atoms with Gasteiger partial charge in [-0.15, -0.1) is 0 Å². The number of thioether (sulfide) groups is 1. The lowest BCUT2D eigenvalue weighted by molar-refractivity contribution is -0.141. The second-order valence-electron chi connectivity index (χ2n) is 5.17. The van der Waals surface area contributed by atoms with Gasteiger partial charge in [0, 0.05) is 11.5 Å². The molecule has 0 atom stereocenters. The number of hydrogen-bond acceptors (Lipinski definition) is 6. The first-order valence-electron chi connectivity index (χ1n) is 7.19. The molecule has 118 valence electrons. The maximum absolute atomic E-state index is 11.8. The molecule has 3 rings (SSSR count). The molecule has 0 aliphatic heterocycles. The Labute approximate surface area is 138 Å². The van der Waals surface area contributed by atoms with Crippen molar-refractivity contribution in [2.75, 3.05) is 5.75 Å². The van der Waals surface area contributed by atoms with Gasteiger partial charge in [0.1, 0.15) is 18.1 Å². The summed E-state index contributed by atoms with van der Waals surface area (Å²) in [4.78, 5) is 16.4. The highest BCUT2D eigenvalue weighted by molar-refractivity contribution is 7.99. The minimum atomic E-state index is -0.303. The fourth-order valence-electron chi connectivity index (χ4n) is 2.21. The Morgan fingerprint density at radius 2 is 2.09 bits per heavy atom. The van der Waals surface area contributed by atoms with Crippen LogP contribution in [-0.4, -0.2) is 21.9 Å². The first kappa shape index (κ1) is 15.6. The number of nitrogens with zero attached hydrogens (tertiary/aromatic N) is 2. The largest absolute Gasteiger partial charge is 0.458 e. The highest BCUT2D eigenvalue weighted by Crippen LogP contribution is 2.23. The standard InChI is InChI=1S/C17H16N2O3S/c1-11-7-16(18-15-6-4-3-5-14(11)15)23-10-17(20)21-9-13-8-12(2)22-19-13/h3-8H,9-10H2,1-2H3. The summed E-state index contributed by atoms with van der Waals surface area (Å²) in [6.07, 6.45) is 0. The van der Waals surface area contributed by atoms with Crippen molar-refractivity contribution in [3.05, 3.63) is 53.4 Å². The van der Waals surface area contributed by atoms with Crippen LogP contribution in [0.2, 0.25) is 0 Å². The predicted octanol–water partition coefficient (Wildman–Crippen LogP) is 3.68. The van der Waals surface area contributed by atoms with E-state index in [1.165, 1.54) is 11.8 Å². The molecule has 5 nitrogen and oxygen atoms in total. The number of ether oxygens (including phenoxy) is 1. The summed E-state index contributed by atoms with van der Waals surface area (Å²) in [6.45, 7) is 3.96. The third-order valence-corrected chi connectivity index (χ3v) is 4.18. The summed E-state index contributed by atoms with van der Waals surface area (Å²) >= 11 is 1.37. The Balaban J connectivity index is 1.58. The molecule has 0 radical (unpaired) electrons. The van der Waals surface area contributed by atoms with Crippen molar-refractivity contribution in [1.82, 2.24) is 10.1 Å². The average Bonchev–Trinajstić information content (AvgIpc) is 2.96. The zero-order chi connectivity index (χ0) is 16.2. The molecule has 0 aliphatic carbocycles. The zero-order valence-corrected chi connectivity index (χ0v) is 13.7. The van der Waals surface area contributed by atoms with Gasteiger partial charge in [0.05, 0.1) is 16.3 Å². The minimum absolute atomic E-state index is 0.126. The summed E-state index contributed by atoms with van der Waals surface area (Å²) in [5, 5.41) is 5.72. The maximum Gasteiger partial charge on any atom is 0.316 e. The van der Waals surface area contributed by atoms with Crippen molar-refractivity contribution in [2.45, 2.75) is 25.5 Å². The Morgan fingerprint density at radius 3 is 2.87 bits per heavy atom. The van der Waals surface area contributed by atoms with E-state index in [0.717, 1.165) is 21.5 Å². The van der Waals surface area contributed by atoms with E-state index in [2.05, 4.69) is 10.1 Å². The van der Waals surface area contributed by atoms with Gasteiger partial charge in [-0.25, -0.2) is 4.98 Å². The van der Waals surface area contributed by atoms with E-state index in [1.807, 2.05) is 37.3 Å². The second-order valence-corrected chi connectivity index (χ2v) is 6.17. The topological polar surface area (TPSA) is 65.2 Å². The molecule has 0 N–H and O–H groups in total. The molecule has 3 aromatic rings. The molecule has 0 amide bonds. The number of fused-ring (bicyclic) bond motifs is 1. The molecule has 1 aromatic carbocycles. The van der Waals surface area contributed by atoms with E-state index >= 15 is 0 Å². The summed E-state index contributed by atoms with van der Waals surface area (Å²) in [6, 6.07) is 11.7. The average molecular weight is 328 g/mol. The monoisotopic (exact) mass is 328 g/mol. The van der Waals surface area contributed by atoms with E-state index < -0.39 is 0 Å². The predicted molar refractivity (Wildman–Crippen MR) is 88.2 cm³/mol. The molecular weight excluding hydrogens is 312 g/mol. The third kappa shape index (κ3) is 3.90. The normalized spacial score (nSPS) is 10.9. The van der Waals surface area contributed by atoms with Gasteiger partial charge < -0.3 is 9.26 Å².